The molecule has 0 bridgehead atoms. The Morgan fingerprint density at radius 1 is 0.955 bits per heavy atom. The summed E-state index contributed by atoms with van der Waals surface area (Å²) < 4.78 is 35.2. The quantitative estimate of drug-likeness (QED) is 0.187. The number of carbonyl (C=O) groups excluding carboxylic acids is 3. The number of rotatable bonds is 17. The summed E-state index contributed by atoms with van der Waals surface area (Å²) in [5, 5.41) is 5.52. The van der Waals surface area contributed by atoms with Crippen LogP contribution in [0.4, 0.5) is 9.18 Å². The molecular weight excluding hydrogens is 569 g/mol. The van der Waals surface area contributed by atoms with Crippen molar-refractivity contribution in [3.8, 4) is 0 Å². The molecule has 0 saturated heterocycles. The largest absolute Gasteiger partial charge is 0.464 e. The molecule has 1 aliphatic rings. The fourth-order valence-electron chi connectivity index (χ4n) is 4.63. The van der Waals surface area contributed by atoms with Crippen LogP contribution < -0.4 is 10.6 Å². The van der Waals surface area contributed by atoms with Crippen molar-refractivity contribution in [1.82, 2.24) is 15.6 Å². The van der Waals surface area contributed by atoms with Crippen LogP contribution >= 0.6 is 0 Å². The highest BCUT2D eigenvalue weighted by Gasteiger charge is 2.40. The minimum Gasteiger partial charge on any atom is -0.464 e. The molecule has 1 aromatic carbocycles. The number of ether oxygens (including phenoxy) is 4. The number of pyridine rings is 1. The molecule has 2 aromatic rings. The van der Waals surface area contributed by atoms with Crippen molar-refractivity contribution in [3.05, 3.63) is 64.7 Å². The molecule has 3 rings (SSSR count). The molecule has 0 aliphatic heterocycles. The van der Waals surface area contributed by atoms with Crippen molar-refractivity contribution < 1.29 is 37.7 Å². The van der Waals surface area contributed by atoms with Gasteiger partial charge >= 0.3 is 12.1 Å². The molecule has 1 aromatic heterocycles. The zero-order chi connectivity index (χ0) is 32.2. The van der Waals surface area contributed by atoms with Gasteiger partial charge in [0.15, 0.2) is 0 Å². The lowest BCUT2D eigenvalue weighted by Crippen LogP contribution is -2.55. The van der Waals surface area contributed by atoms with Crippen molar-refractivity contribution in [2.75, 3.05) is 39.6 Å². The number of nitrogens with one attached hydrogen (secondary N) is 2. The van der Waals surface area contributed by atoms with Gasteiger partial charge < -0.3 is 29.6 Å². The van der Waals surface area contributed by atoms with Gasteiger partial charge in [0.1, 0.15) is 22.7 Å². The number of hydrogen-bond acceptors (Lipinski definition) is 8. The maximum absolute atomic E-state index is 13.5. The molecule has 1 fully saturated rings. The fourth-order valence-corrected chi connectivity index (χ4v) is 4.63. The van der Waals surface area contributed by atoms with Crippen LogP contribution in [-0.4, -0.2) is 73.7 Å². The molecule has 1 atom stereocenters. The second-order valence-corrected chi connectivity index (χ2v) is 11.8. The Kier molecular flexibility index (Phi) is 13.1. The molecule has 11 heteroatoms. The molecule has 10 nitrogen and oxygen atoms in total. The van der Waals surface area contributed by atoms with E-state index in [1.807, 2.05) is 13.0 Å². The van der Waals surface area contributed by atoms with E-state index in [1.165, 1.54) is 12.1 Å². The lowest BCUT2D eigenvalue weighted by atomic mass is 9.91. The highest BCUT2D eigenvalue weighted by molar-refractivity contribution is 5.96. The number of hydrogen-bond donors (Lipinski definition) is 2. The Morgan fingerprint density at radius 2 is 1.64 bits per heavy atom. The standard InChI is InChI=1S/C33H46FN3O7/c1-6-33(30(39)43-7-2,16-18-41-20-21-42-19-17-35-31(40)44-32(3,4)5)37-29(38)27-15-14-26(24-10-11-24)28(36-27)22-23-8-12-25(34)13-9-23/h8-9,12-15,24H,6-7,10-11,16-22H2,1-5H3,(H,35,40)(H,37,38). The van der Waals surface area contributed by atoms with Crippen LogP contribution in [0.2, 0.25) is 0 Å². The van der Waals surface area contributed by atoms with E-state index >= 15 is 0 Å². The van der Waals surface area contributed by atoms with Crippen molar-refractivity contribution in [2.45, 2.75) is 83.8 Å². The third kappa shape index (κ3) is 11.2. The van der Waals surface area contributed by atoms with Crippen LogP contribution in [0, 0.1) is 5.82 Å². The summed E-state index contributed by atoms with van der Waals surface area (Å²) in [7, 11) is 0. The number of alkyl carbamates (subject to hydrolysis) is 1. The Morgan fingerprint density at radius 3 is 2.25 bits per heavy atom. The number of amides is 2. The molecule has 1 aliphatic carbocycles. The molecule has 1 heterocycles. The summed E-state index contributed by atoms with van der Waals surface area (Å²) in [6.07, 6.45) is 2.58. The van der Waals surface area contributed by atoms with Gasteiger partial charge in [-0.25, -0.2) is 19.0 Å². The first-order chi connectivity index (χ1) is 21.0. The van der Waals surface area contributed by atoms with Gasteiger partial charge in [0.2, 0.25) is 0 Å². The number of carbonyl (C=O) groups is 3. The second kappa shape index (κ2) is 16.5. The predicted octanol–water partition coefficient (Wildman–Crippen LogP) is 5.08. The van der Waals surface area contributed by atoms with Gasteiger partial charge in [-0.3, -0.25) is 4.79 Å². The normalized spacial score (nSPS) is 14.4. The first-order valence-corrected chi connectivity index (χ1v) is 15.3. The number of esters is 1. The first kappa shape index (κ1) is 34.9. The molecule has 0 radical (unpaired) electrons. The zero-order valence-corrected chi connectivity index (χ0v) is 26.5. The SMILES string of the molecule is CCOC(=O)C(CC)(CCOCCOCCNC(=O)OC(C)(C)C)NC(=O)c1ccc(C2CC2)c(Cc2ccc(F)cc2)n1. The van der Waals surface area contributed by atoms with Gasteiger partial charge in [-0.2, -0.15) is 0 Å². The number of halogens is 1. The lowest BCUT2D eigenvalue weighted by molar-refractivity contribution is -0.152. The third-order valence-electron chi connectivity index (χ3n) is 7.13. The van der Waals surface area contributed by atoms with Gasteiger partial charge in [0.05, 0.1) is 26.4 Å². The summed E-state index contributed by atoms with van der Waals surface area (Å²) >= 11 is 0. The Bertz CT molecular complexity index is 1240. The van der Waals surface area contributed by atoms with Gasteiger partial charge in [-0.05, 0) is 82.2 Å². The maximum atomic E-state index is 13.5. The fraction of sp³-hybridized carbons (Fsp3) is 0.576. The van der Waals surface area contributed by atoms with Crippen LogP contribution in [0.5, 0.6) is 0 Å². The Labute approximate surface area is 259 Å². The van der Waals surface area contributed by atoms with Crippen molar-refractivity contribution in [3.63, 3.8) is 0 Å². The van der Waals surface area contributed by atoms with E-state index in [9.17, 15) is 18.8 Å². The van der Waals surface area contributed by atoms with E-state index in [4.69, 9.17) is 23.9 Å². The average molecular weight is 616 g/mol. The van der Waals surface area contributed by atoms with Gasteiger partial charge in [-0.15, -0.1) is 0 Å². The van der Waals surface area contributed by atoms with Crippen LogP contribution in [-0.2, 0) is 30.2 Å². The second-order valence-electron chi connectivity index (χ2n) is 11.8. The van der Waals surface area contributed by atoms with E-state index in [-0.39, 0.29) is 57.4 Å². The molecule has 0 spiro atoms. The molecule has 242 valence electrons. The Hall–Kier alpha value is -3.57. The number of benzene rings is 1. The average Bonchev–Trinajstić information content (AvgIpc) is 3.81. The lowest BCUT2D eigenvalue weighted by Gasteiger charge is -2.31. The summed E-state index contributed by atoms with van der Waals surface area (Å²) in [5.41, 5.74) is 1.08. The Balaban J connectivity index is 1.57. The summed E-state index contributed by atoms with van der Waals surface area (Å²) in [6, 6.07) is 9.88. The van der Waals surface area contributed by atoms with Crippen LogP contribution in [0.3, 0.4) is 0 Å². The summed E-state index contributed by atoms with van der Waals surface area (Å²) in [6.45, 7) is 10.4. The predicted molar refractivity (Wildman–Crippen MR) is 163 cm³/mol. The van der Waals surface area contributed by atoms with E-state index < -0.39 is 29.1 Å². The van der Waals surface area contributed by atoms with Crippen LogP contribution in [0.25, 0.3) is 0 Å². The van der Waals surface area contributed by atoms with E-state index in [0.29, 0.717) is 18.9 Å². The van der Waals surface area contributed by atoms with Crippen molar-refractivity contribution in [1.29, 1.82) is 0 Å². The van der Waals surface area contributed by atoms with Gasteiger partial charge in [0, 0.05) is 31.7 Å². The zero-order valence-electron chi connectivity index (χ0n) is 26.5. The monoisotopic (exact) mass is 615 g/mol. The van der Waals surface area contributed by atoms with Crippen molar-refractivity contribution >= 4 is 18.0 Å². The van der Waals surface area contributed by atoms with E-state index in [1.54, 1.807) is 45.9 Å². The summed E-state index contributed by atoms with van der Waals surface area (Å²) in [4.78, 5) is 43.0. The molecule has 1 unspecified atom stereocenters. The van der Waals surface area contributed by atoms with E-state index in [2.05, 4.69) is 10.6 Å². The maximum Gasteiger partial charge on any atom is 0.407 e. The molecule has 2 N–H and O–H groups in total. The van der Waals surface area contributed by atoms with Gasteiger partial charge in [-0.1, -0.05) is 25.1 Å². The number of aromatic nitrogens is 1. The van der Waals surface area contributed by atoms with Crippen LogP contribution in [0.15, 0.2) is 36.4 Å². The first-order valence-electron chi connectivity index (χ1n) is 15.3. The highest BCUT2D eigenvalue weighted by Crippen LogP contribution is 2.41. The molecule has 2 amide bonds. The minimum absolute atomic E-state index is 0.165. The molecular formula is C33H46FN3O7. The summed E-state index contributed by atoms with van der Waals surface area (Å²) in [5.74, 6) is -0.920. The van der Waals surface area contributed by atoms with Gasteiger partial charge in [0.25, 0.3) is 5.91 Å². The molecule has 1 saturated carbocycles. The topological polar surface area (TPSA) is 125 Å². The van der Waals surface area contributed by atoms with E-state index in [0.717, 1.165) is 29.7 Å². The minimum atomic E-state index is -1.31. The molecule has 44 heavy (non-hydrogen) atoms. The van der Waals surface area contributed by atoms with Crippen molar-refractivity contribution in [2.24, 2.45) is 0 Å². The number of nitrogens with zero attached hydrogens (tertiary/aromatic N) is 1. The van der Waals surface area contributed by atoms with Crippen LogP contribution in [0.1, 0.15) is 93.5 Å². The highest BCUT2D eigenvalue weighted by atomic mass is 19.1. The third-order valence-corrected chi connectivity index (χ3v) is 7.13. The smallest absolute Gasteiger partial charge is 0.407 e.